The Morgan fingerprint density at radius 2 is 2.04 bits per heavy atom. The second-order valence-corrected chi connectivity index (χ2v) is 7.44. The van der Waals surface area contributed by atoms with Crippen LogP contribution in [-0.2, 0) is 6.42 Å². The first-order chi connectivity index (χ1) is 12.2. The van der Waals surface area contributed by atoms with E-state index in [9.17, 15) is 4.79 Å². The van der Waals surface area contributed by atoms with Gasteiger partial charge in [0.15, 0.2) is 5.78 Å². The third kappa shape index (κ3) is 3.31. The number of aromatic nitrogens is 4. The molecule has 0 fully saturated rings. The van der Waals surface area contributed by atoms with Crippen LogP contribution in [0.25, 0.3) is 5.78 Å². The van der Waals surface area contributed by atoms with Gasteiger partial charge in [0.05, 0.1) is 11.3 Å². The maximum Gasteiger partial charge on any atom is 0.253 e. The van der Waals surface area contributed by atoms with Crippen molar-refractivity contribution in [2.24, 2.45) is 0 Å². The maximum absolute atomic E-state index is 12.6. The molecule has 1 aliphatic carbocycles. The number of nitrogens with zero attached hydrogens (tertiary/aromatic N) is 4. The molecule has 0 N–H and O–H groups in total. The summed E-state index contributed by atoms with van der Waals surface area (Å²) in [6, 6.07) is 10.2. The molecule has 0 spiro atoms. The molecule has 6 heteroatoms. The van der Waals surface area contributed by atoms with Gasteiger partial charge >= 0.3 is 0 Å². The van der Waals surface area contributed by atoms with Crippen molar-refractivity contribution in [1.82, 2.24) is 19.6 Å². The standard InChI is InChI=1S/C19H20N4OS/c1-2-3-9-25-19-21-18-20-16-10-14(13-7-5-4-6-8-13)11-17(24)15(16)12-23(18)22-19/h4-8,12,14H,2-3,9-11H2,1H3/t14-/m0/s1. The van der Waals surface area contributed by atoms with Gasteiger partial charge in [-0.1, -0.05) is 55.4 Å². The highest BCUT2D eigenvalue weighted by molar-refractivity contribution is 7.99. The van der Waals surface area contributed by atoms with E-state index in [-0.39, 0.29) is 11.7 Å². The van der Waals surface area contributed by atoms with Gasteiger partial charge in [0, 0.05) is 18.4 Å². The van der Waals surface area contributed by atoms with Gasteiger partial charge < -0.3 is 0 Å². The van der Waals surface area contributed by atoms with Crippen molar-refractivity contribution in [2.45, 2.75) is 43.7 Å². The molecule has 0 saturated heterocycles. The Morgan fingerprint density at radius 3 is 2.84 bits per heavy atom. The van der Waals surface area contributed by atoms with E-state index in [0.717, 1.165) is 35.9 Å². The van der Waals surface area contributed by atoms with Gasteiger partial charge in [-0.15, -0.1) is 5.10 Å². The van der Waals surface area contributed by atoms with Gasteiger partial charge in [-0.05, 0) is 24.3 Å². The van der Waals surface area contributed by atoms with Gasteiger partial charge in [0.1, 0.15) is 0 Å². The fraction of sp³-hybridized carbons (Fsp3) is 0.368. The quantitative estimate of drug-likeness (QED) is 0.514. The van der Waals surface area contributed by atoms with Crippen molar-refractivity contribution in [2.75, 3.05) is 5.75 Å². The van der Waals surface area contributed by atoms with Crippen LogP contribution in [0.2, 0.25) is 0 Å². The number of hydrogen-bond donors (Lipinski definition) is 0. The highest BCUT2D eigenvalue weighted by Gasteiger charge is 2.28. The Labute approximate surface area is 150 Å². The summed E-state index contributed by atoms with van der Waals surface area (Å²) in [7, 11) is 0. The van der Waals surface area contributed by atoms with Crippen LogP contribution in [-0.4, -0.2) is 31.1 Å². The molecule has 128 valence electrons. The van der Waals surface area contributed by atoms with Crippen LogP contribution in [0.5, 0.6) is 0 Å². The molecular formula is C19H20N4OS. The van der Waals surface area contributed by atoms with E-state index in [1.54, 1.807) is 22.5 Å². The highest BCUT2D eigenvalue weighted by atomic mass is 32.2. The van der Waals surface area contributed by atoms with E-state index < -0.39 is 0 Å². The zero-order chi connectivity index (χ0) is 17.2. The van der Waals surface area contributed by atoms with E-state index in [2.05, 4.69) is 34.1 Å². The van der Waals surface area contributed by atoms with E-state index in [1.165, 1.54) is 5.56 Å². The van der Waals surface area contributed by atoms with Crippen molar-refractivity contribution in [3.63, 3.8) is 0 Å². The Hall–Kier alpha value is -2.21. The van der Waals surface area contributed by atoms with Crippen LogP contribution in [0.4, 0.5) is 0 Å². The smallest absolute Gasteiger partial charge is 0.253 e. The van der Waals surface area contributed by atoms with Gasteiger partial charge in [0.2, 0.25) is 5.16 Å². The summed E-state index contributed by atoms with van der Waals surface area (Å²) >= 11 is 1.64. The first kappa shape index (κ1) is 16.3. The number of fused-ring (bicyclic) bond motifs is 2. The first-order valence-electron chi connectivity index (χ1n) is 8.72. The maximum atomic E-state index is 12.6. The molecular weight excluding hydrogens is 332 g/mol. The fourth-order valence-electron chi connectivity index (χ4n) is 3.19. The van der Waals surface area contributed by atoms with Crippen LogP contribution in [0, 0.1) is 0 Å². The number of hydrogen-bond acceptors (Lipinski definition) is 5. The second-order valence-electron chi connectivity index (χ2n) is 6.38. The van der Waals surface area contributed by atoms with E-state index in [4.69, 9.17) is 0 Å². The van der Waals surface area contributed by atoms with Gasteiger partial charge in [-0.2, -0.15) is 4.98 Å². The van der Waals surface area contributed by atoms with Gasteiger partial charge in [-0.3, -0.25) is 4.79 Å². The van der Waals surface area contributed by atoms with Gasteiger partial charge in [-0.25, -0.2) is 9.50 Å². The molecule has 2 heterocycles. The molecule has 0 bridgehead atoms. The molecule has 25 heavy (non-hydrogen) atoms. The number of benzene rings is 1. The summed E-state index contributed by atoms with van der Waals surface area (Å²) in [5, 5.41) is 5.19. The summed E-state index contributed by atoms with van der Waals surface area (Å²) in [6.07, 6.45) is 5.39. The Bertz CT molecular complexity index is 906. The number of carbonyl (C=O) groups is 1. The highest BCUT2D eigenvalue weighted by Crippen LogP contribution is 2.32. The molecule has 1 atom stereocenters. The zero-order valence-corrected chi connectivity index (χ0v) is 15.0. The van der Waals surface area contributed by atoms with Crippen molar-refractivity contribution in [1.29, 1.82) is 0 Å². The minimum atomic E-state index is 0.139. The minimum Gasteiger partial charge on any atom is -0.294 e. The summed E-state index contributed by atoms with van der Waals surface area (Å²) in [5.41, 5.74) is 2.73. The lowest BCUT2D eigenvalue weighted by Crippen LogP contribution is -2.21. The molecule has 2 aromatic heterocycles. The molecule has 4 rings (SSSR count). The number of thioether (sulfide) groups is 1. The van der Waals surface area contributed by atoms with Crippen LogP contribution < -0.4 is 0 Å². The average molecular weight is 352 g/mol. The molecule has 5 nitrogen and oxygen atoms in total. The topological polar surface area (TPSA) is 60.1 Å². The normalized spacial score (nSPS) is 17.0. The minimum absolute atomic E-state index is 0.139. The van der Waals surface area contributed by atoms with Crippen molar-refractivity contribution in [3.05, 3.63) is 53.3 Å². The Morgan fingerprint density at radius 1 is 1.20 bits per heavy atom. The second kappa shape index (κ2) is 6.96. The summed E-state index contributed by atoms with van der Waals surface area (Å²) < 4.78 is 1.65. The molecule has 0 amide bonds. The summed E-state index contributed by atoms with van der Waals surface area (Å²) in [6.45, 7) is 2.17. The molecule has 1 aromatic carbocycles. The third-order valence-corrected chi connectivity index (χ3v) is 5.49. The number of Topliss-reactive ketones (excluding diaryl/α,β-unsaturated/α-hetero) is 1. The van der Waals surface area contributed by atoms with Crippen molar-refractivity contribution < 1.29 is 4.79 Å². The molecule has 0 unspecified atom stereocenters. The Balaban J connectivity index is 1.64. The fourth-order valence-corrected chi connectivity index (χ4v) is 4.10. The van der Waals surface area contributed by atoms with Crippen LogP contribution in [0.3, 0.4) is 0 Å². The predicted octanol–water partition coefficient (Wildman–Crippen LogP) is 3.93. The van der Waals surface area contributed by atoms with Crippen molar-refractivity contribution in [3.8, 4) is 0 Å². The molecule has 3 aromatic rings. The van der Waals surface area contributed by atoms with E-state index in [1.807, 2.05) is 18.2 Å². The largest absolute Gasteiger partial charge is 0.294 e. The SMILES string of the molecule is CCCCSc1nc2nc3c(cn2n1)C(=O)C[C@@H](c1ccccc1)C3. The molecule has 0 saturated carbocycles. The first-order valence-corrected chi connectivity index (χ1v) is 9.70. The number of ketones is 1. The third-order valence-electron chi connectivity index (χ3n) is 4.56. The molecule has 1 aliphatic rings. The predicted molar refractivity (Wildman–Crippen MR) is 98.2 cm³/mol. The Kier molecular flexibility index (Phi) is 4.53. The monoisotopic (exact) mass is 352 g/mol. The van der Waals surface area contributed by atoms with Crippen LogP contribution >= 0.6 is 11.8 Å². The number of carbonyl (C=O) groups excluding carboxylic acids is 1. The number of unbranched alkanes of at least 4 members (excludes halogenated alkanes) is 1. The summed E-state index contributed by atoms with van der Waals surface area (Å²) in [5.74, 6) is 1.92. The molecule has 0 radical (unpaired) electrons. The van der Waals surface area contributed by atoms with Gasteiger partial charge in [0.25, 0.3) is 5.78 Å². The lowest BCUT2D eigenvalue weighted by atomic mass is 9.82. The number of rotatable bonds is 5. The van der Waals surface area contributed by atoms with E-state index >= 15 is 0 Å². The zero-order valence-electron chi connectivity index (χ0n) is 14.2. The van der Waals surface area contributed by atoms with Crippen LogP contribution in [0.15, 0.2) is 41.7 Å². The molecule has 0 aliphatic heterocycles. The van der Waals surface area contributed by atoms with Crippen molar-refractivity contribution >= 4 is 23.3 Å². The lowest BCUT2D eigenvalue weighted by Gasteiger charge is -2.22. The summed E-state index contributed by atoms with van der Waals surface area (Å²) in [4.78, 5) is 21.8. The average Bonchev–Trinajstić information content (AvgIpc) is 3.03. The van der Waals surface area contributed by atoms with E-state index in [0.29, 0.717) is 17.8 Å². The lowest BCUT2D eigenvalue weighted by molar-refractivity contribution is 0.0962. The van der Waals surface area contributed by atoms with Crippen LogP contribution in [0.1, 0.15) is 53.7 Å².